The lowest BCUT2D eigenvalue weighted by Gasteiger charge is -2.37. The molecule has 0 aromatic heterocycles. The minimum Gasteiger partial charge on any atom is -0.434 e. The van der Waals surface area contributed by atoms with Crippen molar-refractivity contribution in [1.82, 2.24) is 0 Å². The van der Waals surface area contributed by atoms with Crippen molar-refractivity contribution in [1.29, 1.82) is 0 Å². The summed E-state index contributed by atoms with van der Waals surface area (Å²) in [6, 6.07) is 0. The Morgan fingerprint density at radius 2 is 1.74 bits per heavy atom. The predicted molar refractivity (Wildman–Crippen MR) is 61.0 cm³/mol. The van der Waals surface area contributed by atoms with E-state index >= 15 is 0 Å². The fourth-order valence-corrected chi connectivity index (χ4v) is 1.50. The van der Waals surface area contributed by atoms with Crippen molar-refractivity contribution < 1.29 is 39.4 Å². The van der Waals surface area contributed by atoms with Gasteiger partial charge in [-0.15, -0.1) is 0 Å². The van der Waals surface area contributed by atoms with Crippen LogP contribution in [0.5, 0.6) is 0 Å². The average Bonchev–Trinajstić information content (AvgIpc) is 2.36. The highest BCUT2D eigenvalue weighted by Gasteiger charge is 2.43. The number of ether oxygens (including phenoxy) is 3. The molecule has 0 spiro atoms. The zero-order valence-electron chi connectivity index (χ0n) is 10.8. The van der Waals surface area contributed by atoms with Gasteiger partial charge in [-0.05, 0) is 5.92 Å². The third-order valence-electron chi connectivity index (χ3n) is 2.59. The van der Waals surface area contributed by atoms with Crippen LogP contribution in [0, 0.1) is 5.92 Å². The van der Waals surface area contributed by atoms with Crippen molar-refractivity contribution >= 4 is 6.16 Å². The van der Waals surface area contributed by atoms with Crippen LogP contribution < -0.4 is 0 Å². The number of aliphatic hydroxyl groups is 4. The van der Waals surface area contributed by atoms with Gasteiger partial charge in [0, 0.05) is 0 Å². The van der Waals surface area contributed by atoms with Gasteiger partial charge in [-0.25, -0.2) is 4.79 Å². The molecule has 1 fully saturated rings. The second kappa shape index (κ2) is 7.01. The molecule has 1 heterocycles. The molecule has 8 heteroatoms. The molecule has 1 saturated heterocycles. The molecule has 0 aromatic rings. The highest BCUT2D eigenvalue weighted by atomic mass is 16.7. The van der Waals surface area contributed by atoms with Gasteiger partial charge >= 0.3 is 6.16 Å². The lowest BCUT2D eigenvalue weighted by Crippen LogP contribution is -2.58. The fourth-order valence-electron chi connectivity index (χ4n) is 1.50. The molecule has 0 saturated carbocycles. The van der Waals surface area contributed by atoms with Gasteiger partial charge in [0.25, 0.3) is 0 Å². The highest BCUT2D eigenvalue weighted by Crippen LogP contribution is 2.20. The first-order valence-corrected chi connectivity index (χ1v) is 6.00. The SMILES string of the molecule is CC(C)COC(=O)OC[C@H]1O[C@@H](O)[C@H](O)[C@@H](O)[C@@H]1O. The minimum absolute atomic E-state index is 0.155. The Morgan fingerprint density at radius 1 is 1.11 bits per heavy atom. The van der Waals surface area contributed by atoms with Crippen molar-refractivity contribution in [3.8, 4) is 0 Å². The van der Waals surface area contributed by atoms with Gasteiger partial charge in [0.05, 0.1) is 6.61 Å². The van der Waals surface area contributed by atoms with E-state index in [-0.39, 0.29) is 12.5 Å². The van der Waals surface area contributed by atoms with Crippen molar-refractivity contribution in [3.05, 3.63) is 0 Å². The van der Waals surface area contributed by atoms with Crippen LogP contribution in [0.3, 0.4) is 0 Å². The van der Waals surface area contributed by atoms with Crippen LogP contribution in [0.2, 0.25) is 0 Å². The maximum absolute atomic E-state index is 11.2. The lowest BCUT2D eigenvalue weighted by atomic mass is 9.99. The van der Waals surface area contributed by atoms with Gasteiger partial charge < -0.3 is 34.6 Å². The van der Waals surface area contributed by atoms with Crippen LogP contribution in [-0.4, -0.2) is 70.5 Å². The van der Waals surface area contributed by atoms with E-state index < -0.39 is 43.5 Å². The lowest BCUT2D eigenvalue weighted by molar-refractivity contribution is -0.286. The van der Waals surface area contributed by atoms with E-state index in [1.165, 1.54) is 0 Å². The van der Waals surface area contributed by atoms with Gasteiger partial charge in [0.1, 0.15) is 31.0 Å². The molecule has 0 bridgehead atoms. The topological polar surface area (TPSA) is 126 Å². The molecule has 0 amide bonds. The number of carbonyl (C=O) groups is 1. The highest BCUT2D eigenvalue weighted by molar-refractivity contribution is 5.59. The molecule has 8 nitrogen and oxygen atoms in total. The van der Waals surface area contributed by atoms with E-state index in [1.807, 2.05) is 13.8 Å². The fraction of sp³-hybridized carbons (Fsp3) is 0.909. The molecule has 1 aliphatic heterocycles. The van der Waals surface area contributed by atoms with Crippen molar-refractivity contribution in [3.63, 3.8) is 0 Å². The normalized spacial score (nSPS) is 35.2. The first-order valence-electron chi connectivity index (χ1n) is 6.00. The van der Waals surface area contributed by atoms with Gasteiger partial charge in [-0.3, -0.25) is 0 Å². The molecule has 4 N–H and O–H groups in total. The summed E-state index contributed by atoms with van der Waals surface area (Å²) in [5.41, 5.74) is 0. The Hall–Kier alpha value is -0.930. The average molecular weight is 280 g/mol. The van der Waals surface area contributed by atoms with E-state index in [9.17, 15) is 25.2 Å². The molecule has 19 heavy (non-hydrogen) atoms. The second-order valence-electron chi connectivity index (χ2n) is 4.80. The Bertz CT molecular complexity index is 294. The van der Waals surface area contributed by atoms with Crippen molar-refractivity contribution in [2.75, 3.05) is 13.2 Å². The Labute approximate surface area is 110 Å². The molecular weight excluding hydrogens is 260 g/mol. The summed E-state index contributed by atoms with van der Waals surface area (Å²) >= 11 is 0. The Balaban J connectivity index is 2.38. The monoisotopic (exact) mass is 280 g/mol. The summed E-state index contributed by atoms with van der Waals surface area (Å²) in [5.74, 6) is 0.155. The first-order chi connectivity index (χ1) is 8.82. The van der Waals surface area contributed by atoms with E-state index in [0.717, 1.165) is 0 Å². The summed E-state index contributed by atoms with van der Waals surface area (Å²) in [6.07, 6.45) is -8.39. The maximum Gasteiger partial charge on any atom is 0.508 e. The number of hydrogen-bond donors (Lipinski definition) is 4. The molecule has 5 atom stereocenters. The van der Waals surface area contributed by atoms with Gasteiger partial charge in [0.2, 0.25) is 0 Å². The number of aliphatic hydroxyl groups excluding tert-OH is 4. The van der Waals surface area contributed by atoms with E-state index in [1.54, 1.807) is 0 Å². The van der Waals surface area contributed by atoms with Crippen LogP contribution in [0.1, 0.15) is 13.8 Å². The summed E-state index contributed by atoms with van der Waals surface area (Å²) in [6.45, 7) is 3.50. The molecular formula is C11H20O8. The minimum atomic E-state index is -1.65. The van der Waals surface area contributed by atoms with E-state index in [0.29, 0.717) is 0 Å². The van der Waals surface area contributed by atoms with Crippen LogP contribution >= 0.6 is 0 Å². The zero-order valence-corrected chi connectivity index (χ0v) is 10.8. The van der Waals surface area contributed by atoms with Crippen LogP contribution in [0.25, 0.3) is 0 Å². The molecule has 1 rings (SSSR count). The third kappa shape index (κ3) is 4.59. The Kier molecular flexibility index (Phi) is 5.95. The maximum atomic E-state index is 11.2. The van der Waals surface area contributed by atoms with Crippen molar-refractivity contribution in [2.24, 2.45) is 5.92 Å². The summed E-state index contributed by atoms with van der Waals surface area (Å²) in [4.78, 5) is 11.2. The molecule has 1 aliphatic rings. The molecule has 0 aliphatic carbocycles. The largest absolute Gasteiger partial charge is 0.508 e. The quantitative estimate of drug-likeness (QED) is 0.463. The summed E-state index contributed by atoms with van der Waals surface area (Å²) < 4.78 is 14.2. The summed E-state index contributed by atoms with van der Waals surface area (Å²) in [5, 5.41) is 37.5. The number of hydrogen-bond acceptors (Lipinski definition) is 8. The predicted octanol–water partition coefficient (Wildman–Crippen LogP) is -1.40. The summed E-state index contributed by atoms with van der Waals surface area (Å²) in [7, 11) is 0. The zero-order chi connectivity index (χ0) is 14.6. The van der Waals surface area contributed by atoms with Gasteiger partial charge in [-0.2, -0.15) is 0 Å². The van der Waals surface area contributed by atoms with Crippen LogP contribution in [0.4, 0.5) is 4.79 Å². The van der Waals surface area contributed by atoms with Crippen LogP contribution in [-0.2, 0) is 14.2 Å². The number of rotatable bonds is 4. The van der Waals surface area contributed by atoms with E-state index in [4.69, 9.17) is 9.47 Å². The van der Waals surface area contributed by atoms with Gasteiger partial charge in [-0.1, -0.05) is 13.8 Å². The molecule has 0 radical (unpaired) electrons. The smallest absolute Gasteiger partial charge is 0.434 e. The second-order valence-corrected chi connectivity index (χ2v) is 4.80. The first kappa shape index (κ1) is 16.1. The standard InChI is InChI=1S/C11H20O8/c1-5(2)3-17-11(16)18-4-6-7(12)8(13)9(14)10(15)19-6/h5-10,12-15H,3-4H2,1-2H3/t6-,7-,8+,9-,10-/m1/s1. The van der Waals surface area contributed by atoms with E-state index in [2.05, 4.69) is 4.74 Å². The number of carbonyl (C=O) groups excluding carboxylic acids is 1. The molecule has 0 unspecified atom stereocenters. The van der Waals surface area contributed by atoms with Gasteiger partial charge in [0.15, 0.2) is 6.29 Å². The molecule has 0 aromatic carbocycles. The van der Waals surface area contributed by atoms with Crippen LogP contribution in [0.15, 0.2) is 0 Å². The Morgan fingerprint density at radius 3 is 2.32 bits per heavy atom. The molecule has 112 valence electrons. The van der Waals surface area contributed by atoms with Crippen molar-refractivity contribution in [2.45, 2.75) is 44.6 Å². The third-order valence-corrected chi connectivity index (χ3v) is 2.59.